The van der Waals surface area contributed by atoms with Gasteiger partial charge in [0.25, 0.3) is 0 Å². The number of piperidine rings is 1. The van der Waals surface area contributed by atoms with Crippen LogP contribution < -0.4 is 15.4 Å². The highest BCUT2D eigenvalue weighted by atomic mass is 16.5. The Balaban J connectivity index is 1.53. The van der Waals surface area contributed by atoms with Crippen molar-refractivity contribution in [2.75, 3.05) is 18.4 Å². The van der Waals surface area contributed by atoms with E-state index in [0.717, 1.165) is 50.0 Å². The number of rotatable bonds is 3. The number of Topliss-reactive ketones (excluding diaryl/α,β-unsaturated/α-hetero) is 1. The van der Waals surface area contributed by atoms with Gasteiger partial charge in [0.2, 0.25) is 5.91 Å². The summed E-state index contributed by atoms with van der Waals surface area (Å²) in [5.41, 5.74) is 1.96. The summed E-state index contributed by atoms with van der Waals surface area (Å²) in [7, 11) is 0. The summed E-state index contributed by atoms with van der Waals surface area (Å²) in [5, 5.41) is 6.38. The van der Waals surface area contributed by atoms with Crippen molar-refractivity contribution in [2.45, 2.75) is 63.9 Å². The van der Waals surface area contributed by atoms with Crippen molar-refractivity contribution < 1.29 is 14.3 Å². The van der Waals surface area contributed by atoms with E-state index >= 15 is 0 Å². The SMILES string of the molecule is Cc1cc2c(cc1NC(=O)CC1CCCC1)OC1(CCNCC1)CC2=O. The van der Waals surface area contributed by atoms with Gasteiger partial charge in [-0.05, 0) is 50.4 Å². The number of amides is 1. The molecule has 1 aromatic carbocycles. The van der Waals surface area contributed by atoms with Crippen LogP contribution in [-0.4, -0.2) is 30.4 Å². The zero-order valence-electron chi connectivity index (χ0n) is 15.5. The van der Waals surface area contributed by atoms with E-state index in [4.69, 9.17) is 4.74 Å². The number of aryl methyl sites for hydroxylation is 1. The number of fused-ring (bicyclic) bond motifs is 1. The van der Waals surface area contributed by atoms with E-state index in [1.165, 1.54) is 12.8 Å². The normalized spacial score (nSPS) is 22.1. The molecule has 2 fully saturated rings. The van der Waals surface area contributed by atoms with Crippen molar-refractivity contribution >= 4 is 17.4 Å². The third-order valence-electron chi connectivity index (χ3n) is 6.17. The van der Waals surface area contributed by atoms with Gasteiger partial charge in [-0.1, -0.05) is 12.8 Å². The zero-order chi connectivity index (χ0) is 18.1. The maximum absolute atomic E-state index is 12.7. The molecule has 0 unspecified atom stereocenters. The lowest BCUT2D eigenvalue weighted by Crippen LogP contribution is -2.49. The van der Waals surface area contributed by atoms with Crippen molar-refractivity contribution in [1.82, 2.24) is 5.32 Å². The molecule has 1 aromatic rings. The summed E-state index contributed by atoms with van der Waals surface area (Å²) in [4.78, 5) is 25.1. The first-order chi connectivity index (χ1) is 12.5. The van der Waals surface area contributed by atoms with Gasteiger partial charge in [-0.25, -0.2) is 0 Å². The van der Waals surface area contributed by atoms with Crippen LogP contribution in [0, 0.1) is 12.8 Å². The number of ketones is 1. The first-order valence-corrected chi connectivity index (χ1v) is 9.92. The molecule has 1 amide bonds. The Morgan fingerprint density at radius 1 is 1.27 bits per heavy atom. The minimum absolute atomic E-state index is 0.0682. The Labute approximate surface area is 154 Å². The first kappa shape index (κ1) is 17.5. The van der Waals surface area contributed by atoms with Crippen molar-refractivity contribution in [1.29, 1.82) is 0 Å². The summed E-state index contributed by atoms with van der Waals surface area (Å²) < 4.78 is 6.33. The molecule has 0 bridgehead atoms. The van der Waals surface area contributed by atoms with E-state index in [1.54, 1.807) is 0 Å². The fourth-order valence-corrected chi connectivity index (χ4v) is 4.62. The maximum Gasteiger partial charge on any atom is 0.224 e. The molecule has 1 saturated carbocycles. The molecule has 5 nitrogen and oxygen atoms in total. The minimum Gasteiger partial charge on any atom is -0.486 e. The van der Waals surface area contributed by atoms with E-state index in [0.29, 0.717) is 30.1 Å². The summed E-state index contributed by atoms with van der Waals surface area (Å²) in [6.45, 7) is 3.69. The molecule has 2 N–H and O–H groups in total. The van der Waals surface area contributed by atoms with Gasteiger partial charge in [0.1, 0.15) is 11.4 Å². The predicted octanol–water partition coefficient (Wildman–Crippen LogP) is 3.60. The summed E-state index contributed by atoms with van der Waals surface area (Å²) in [6, 6.07) is 3.73. The van der Waals surface area contributed by atoms with Crippen LogP contribution in [0.4, 0.5) is 5.69 Å². The number of hydrogen-bond acceptors (Lipinski definition) is 4. The molecule has 1 spiro atoms. The van der Waals surface area contributed by atoms with Crippen LogP contribution in [0.15, 0.2) is 12.1 Å². The fraction of sp³-hybridized carbons (Fsp3) is 0.619. The molecule has 26 heavy (non-hydrogen) atoms. The highest BCUT2D eigenvalue weighted by Gasteiger charge is 2.41. The summed E-state index contributed by atoms with van der Waals surface area (Å²) >= 11 is 0. The molecule has 0 atom stereocenters. The van der Waals surface area contributed by atoms with Crippen molar-refractivity contribution in [3.05, 3.63) is 23.3 Å². The molecule has 0 aromatic heterocycles. The van der Waals surface area contributed by atoms with E-state index in [2.05, 4.69) is 10.6 Å². The lowest BCUT2D eigenvalue weighted by molar-refractivity contribution is -0.117. The maximum atomic E-state index is 12.7. The molecule has 0 radical (unpaired) electrons. The average molecular weight is 356 g/mol. The van der Waals surface area contributed by atoms with Crippen LogP contribution in [0.3, 0.4) is 0 Å². The number of nitrogens with one attached hydrogen (secondary N) is 2. The third kappa shape index (κ3) is 3.50. The number of ether oxygens (including phenoxy) is 1. The van der Waals surface area contributed by atoms with Crippen LogP contribution in [0.25, 0.3) is 0 Å². The summed E-state index contributed by atoms with van der Waals surface area (Å²) in [5.74, 6) is 1.37. The summed E-state index contributed by atoms with van der Waals surface area (Å²) in [6.07, 6.45) is 7.52. The molecule has 140 valence electrons. The van der Waals surface area contributed by atoms with E-state index in [9.17, 15) is 9.59 Å². The largest absolute Gasteiger partial charge is 0.486 e. The lowest BCUT2D eigenvalue weighted by atomic mass is 9.82. The Kier molecular flexibility index (Phi) is 4.74. The molecule has 1 aliphatic carbocycles. The van der Waals surface area contributed by atoms with Crippen LogP contribution in [-0.2, 0) is 4.79 Å². The average Bonchev–Trinajstić information content (AvgIpc) is 3.10. The van der Waals surface area contributed by atoms with E-state index in [-0.39, 0.29) is 17.3 Å². The monoisotopic (exact) mass is 356 g/mol. The van der Waals surface area contributed by atoms with Gasteiger partial charge in [-0.3, -0.25) is 9.59 Å². The lowest BCUT2D eigenvalue weighted by Gasteiger charge is -2.41. The Morgan fingerprint density at radius 3 is 2.73 bits per heavy atom. The second kappa shape index (κ2) is 7.03. The number of hydrogen-bond donors (Lipinski definition) is 2. The Hall–Kier alpha value is -1.88. The topological polar surface area (TPSA) is 67.4 Å². The third-order valence-corrected chi connectivity index (χ3v) is 6.17. The first-order valence-electron chi connectivity index (χ1n) is 9.92. The highest BCUT2D eigenvalue weighted by molar-refractivity contribution is 6.02. The Bertz CT molecular complexity index is 716. The van der Waals surface area contributed by atoms with E-state index in [1.807, 2.05) is 19.1 Å². The predicted molar refractivity (Wildman–Crippen MR) is 101 cm³/mol. The number of anilines is 1. The second-order valence-corrected chi connectivity index (χ2v) is 8.20. The van der Waals surface area contributed by atoms with Crippen molar-refractivity contribution in [2.24, 2.45) is 5.92 Å². The zero-order valence-corrected chi connectivity index (χ0v) is 15.5. The number of benzene rings is 1. The van der Waals surface area contributed by atoms with Gasteiger partial charge >= 0.3 is 0 Å². The van der Waals surface area contributed by atoms with Crippen LogP contribution in [0.5, 0.6) is 5.75 Å². The molecular formula is C21H28N2O3. The number of carbonyl (C=O) groups is 2. The van der Waals surface area contributed by atoms with E-state index < -0.39 is 0 Å². The standard InChI is InChI=1S/C21H28N2O3/c1-14-10-16-18(24)13-21(6-8-22-9-7-21)26-19(16)12-17(14)23-20(25)11-15-4-2-3-5-15/h10,12,15,22H,2-9,11,13H2,1H3,(H,23,25). The molecule has 1 saturated heterocycles. The van der Waals surface area contributed by atoms with Crippen molar-refractivity contribution in [3.8, 4) is 5.75 Å². The van der Waals surface area contributed by atoms with Crippen molar-refractivity contribution in [3.63, 3.8) is 0 Å². The molecule has 2 heterocycles. The fourth-order valence-electron chi connectivity index (χ4n) is 4.62. The van der Waals surface area contributed by atoms with Crippen LogP contribution in [0.1, 0.15) is 67.3 Å². The Morgan fingerprint density at radius 2 is 2.00 bits per heavy atom. The van der Waals surface area contributed by atoms with Gasteiger partial charge in [-0.2, -0.15) is 0 Å². The van der Waals surface area contributed by atoms with Crippen LogP contribution in [0.2, 0.25) is 0 Å². The number of carbonyl (C=O) groups excluding carboxylic acids is 2. The molecule has 3 aliphatic rings. The van der Waals surface area contributed by atoms with Gasteiger partial charge < -0.3 is 15.4 Å². The van der Waals surface area contributed by atoms with Gasteiger partial charge in [-0.15, -0.1) is 0 Å². The highest BCUT2D eigenvalue weighted by Crippen LogP contribution is 2.40. The molecule has 2 aliphatic heterocycles. The quantitative estimate of drug-likeness (QED) is 0.868. The van der Waals surface area contributed by atoms with Gasteiger partial charge in [0.05, 0.1) is 12.0 Å². The smallest absolute Gasteiger partial charge is 0.224 e. The second-order valence-electron chi connectivity index (χ2n) is 8.20. The molecule has 4 rings (SSSR count). The van der Waals surface area contributed by atoms with Gasteiger partial charge in [0, 0.05) is 31.0 Å². The molecule has 5 heteroatoms. The molecular weight excluding hydrogens is 328 g/mol. The van der Waals surface area contributed by atoms with Crippen LogP contribution >= 0.6 is 0 Å². The minimum atomic E-state index is -0.379. The van der Waals surface area contributed by atoms with Gasteiger partial charge in [0.15, 0.2) is 5.78 Å².